The standard InChI is InChI=1S/C10H12BrN5O/c11-8-6-13-9(5-12)14-10(8)16-15-7-1-3-17-4-2-7/h6-7,15H,1-4H2,(H,13,14,16). The number of anilines is 1. The van der Waals surface area contributed by atoms with E-state index in [0.717, 1.165) is 30.5 Å². The molecule has 0 aromatic carbocycles. The molecule has 1 aliphatic rings. The van der Waals surface area contributed by atoms with Crippen LogP contribution in [0.2, 0.25) is 0 Å². The van der Waals surface area contributed by atoms with Crippen LogP contribution in [-0.4, -0.2) is 29.2 Å². The van der Waals surface area contributed by atoms with Crippen LogP contribution in [0.5, 0.6) is 0 Å². The molecule has 1 aromatic rings. The van der Waals surface area contributed by atoms with Gasteiger partial charge >= 0.3 is 0 Å². The zero-order valence-electron chi connectivity index (χ0n) is 9.11. The van der Waals surface area contributed by atoms with Gasteiger partial charge in [-0.3, -0.25) is 0 Å². The van der Waals surface area contributed by atoms with E-state index in [-0.39, 0.29) is 5.82 Å². The second kappa shape index (κ2) is 5.91. The van der Waals surface area contributed by atoms with Gasteiger partial charge in [0.05, 0.1) is 4.47 Å². The Labute approximate surface area is 107 Å². The summed E-state index contributed by atoms with van der Waals surface area (Å²) >= 11 is 3.32. The number of aromatic nitrogens is 2. The zero-order chi connectivity index (χ0) is 12.1. The molecule has 1 aromatic heterocycles. The van der Waals surface area contributed by atoms with Crippen molar-refractivity contribution >= 4 is 21.7 Å². The van der Waals surface area contributed by atoms with E-state index in [4.69, 9.17) is 10.00 Å². The van der Waals surface area contributed by atoms with Gasteiger partial charge in [-0.15, -0.1) is 0 Å². The average molecular weight is 298 g/mol. The zero-order valence-corrected chi connectivity index (χ0v) is 10.7. The van der Waals surface area contributed by atoms with Crippen LogP contribution in [0.4, 0.5) is 5.82 Å². The van der Waals surface area contributed by atoms with E-state index >= 15 is 0 Å². The molecule has 1 fully saturated rings. The van der Waals surface area contributed by atoms with Gasteiger partial charge in [0.15, 0.2) is 5.82 Å². The molecule has 0 radical (unpaired) electrons. The van der Waals surface area contributed by atoms with Gasteiger partial charge in [-0.05, 0) is 28.8 Å². The molecule has 90 valence electrons. The van der Waals surface area contributed by atoms with Gasteiger partial charge in [-0.25, -0.2) is 10.4 Å². The molecule has 2 N–H and O–H groups in total. The largest absolute Gasteiger partial charge is 0.381 e. The molecular formula is C10H12BrN5O. The normalized spacial score (nSPS) is 16.5. The van der Waals surface area contributed by atoms with Crippen LogP contribution >= 0.6 is 15.9 Å². The molecule has 0 amide bonds. The summed E-state index contributed by atoms with van der Waals surface area (Å²) in [6.07, 6.45) is 3.47. The van der Waals surface area contributed by atoms with Crippen molar-refractivity contribution in [2.24, 2.45) is 0 Å². The summed E-state index contributed by atoms with van der Waals surface area (Å²) in [4.78, 5) is 7.90. The van der Waals surface area contributed by atoms with Crippen molar-refractivity contribution < 1.29 is 4.74 Å². The predicted octanol–water partition coefficient (Wildman–Crippen LogP) is 1.21. The van der Waals surface area contributed by atoms with Gasteiger partial charge < -0.3 is 10.2 Å². The minimum Gasteiger partial charge on any atom is -0.381 e. The fraction of sp³-hybridized carbons (Fsp3) is 0.500. The third-order valence-electron chi connectivity index (χ3n) is 2.46. The predicted molar refractivity (Wildman–Crippen MR) is 65.0 cm³/mol. The molecule has 2 heterocycles. The summed E-state index contributed by atoms with van der Waals surface area (Å²) in [6, 6.07) is 2.26. The SMILES string of the molecule is N#Cc1ncc(Br)c(NNC2CCOCC2)n1. The Hall–Kier alpha value is -1.23. The van der Waals surface area contributed by atoms with Gasteiger partial charge in [0.25, 0.3) is 0 Å². The smallest absolute Gasteiger partial charge is 0.234 e. The van der Waals surface area contributed by atoms with Gasteiger partial charge in [0, 0.05) is 25.5 Å². The van der Waals surface area contributed by atoms with Crippen LogP contribution in [0.1, 0.15) is 18.7 Å². The Morgan fingerprint density at radius 3 is 2.94 bits per heavy atom. The molecule has 0 atom stereocenters. The molecule has 0 bridgehead atoms. The number of nitriles is 1. The van der Waals surface area contributed by atoms with E-state index in [1.165, 1.54) is 0 Å². The van der Waals surface area contributed by atoms with Crippen molar-refractivity contribution in [2.45, 2.75) is 18.9 Å². The van der Waals surface area contributed by atoms with E-state index < -0.39 is 0 Å². The van der Waals surface area contributed by atoms with Crippen LogP contribution < -0.4 is 10.9 Å². The highest BCUT2D eigenvalue weighted by Crippen LogP contribution is 2.18. The van der Waals surface area contributed by atoms with Crippen molar-refractivity contribution in [3.63, 3.8) is 0 Å². The second-order valence-electron chi connectivity index (χ2n) is 3.66. The van der Waals surface area contributed by atoms with Gasteiger partial charge in [-0.2, -0.15) is 10.2 Å². The quantitative estimate of drug-likeness (QED) is 0.816. The maximum Gasteiger partial charge on any atom is 0.234 e. The first-order valence-corrected chi connectivity index (χ1v) is 6.11. The summed E-state index contributed by atoms with van der Waals surface area (Å²) in [5, 5.41) is 8.71. The molecule has 17 heavy (non-hydrogen) atoms. The Morgan fingerprint density at radius 2 is 2.24 bits per heavy atom. The lowest BCUT2D eigenvalue weighted by Gasteiger charge is -2.23. The minimum absolute atomic E-state index is 0.143. The Bertz CT molecular complexity index is 427. The second-order valence-corrected chi connectivity index (χ2v) is 4.51. The summed E-state index contributed by atoms with van der Waals surface area (Å²) < 4.78 is 5.98. The van der Waals surface area contributed by atoms with Crippen LogP contribution in [0.25, 0.3) is 0 Å². The summed E-state index contributed by atoms with van der Waals surface area (Å²) in [6.45, 7) is 1.54. The molecular weight excluding hydrogens is 286 g/mol. The molecule has 0 spiro atoms. The molecule has 0 unspecified atom stereocenters. The molecule has 1 aliphatic heterocycles. The molecule has 2 rings (SSSR count). The van der Waals surface area contributed by atoms with Gasteiger partial charge in [-0.1, -0.05) is 0 Å². The van der Waals surface area contributed by atoms with Crippen molar-refractivity contribution in [1.29, 1.82) is 5.26 Å². The van der Waals surface area contributed by atoms with E-state index in [1.54, 1.807) is 6.20 Å². The number of rotatable bonds is 3. The monoisotopic (exact) mass is 297 g/mol. The van der Waals surface area contributed by atoms with Gasteiger partial charge in [0.1, 0.15) is 6.07 Å². The van der Waals surface area contributed by atoms with Crippen molar-refractivity contribution in [3.8, 4) is 6.07 Å². The lowest BCUT2D eigenvalue weighted by molar-refractivity contribution is 0.0798. The number of ether oxygens (including phenoxy) is 1. The van der Waals surface area contributed by atoms with Gasteiger partial charge in [0.2, 0.25) is 5.82 Å². The minimum atomic E-state index is 0.143. The fourth-order valence-corrected chi connectivity index (χ4v) is 1.81. The number of nitrogens with zero attached hydrogens (tertiary/aromatic N) is 3. The molecule has 1 saturated heterocycles. The van der Waals surface area contributed by atoms with Crippen molar-refractivity contribution in [1.82, 2.24) is 15.4 Å². The first kappa shape index (κ1) is 12.2. The summed E-state index contributed by atoms with van der Waals surface area (Å²) in [7, 11) is 0. The number of halogens is 1. The number of hydrogen-bond donors (Lipinski definition) is 2. The van der Waals surface area contributed by atoms with E-state index in [9.17, 15) is 0 Å². The lowest BCUT2D eigenvalue weighted by atomic mass is 10.1. The summed E-state index contributed by atoms with van der Waals surface area (Å²) in [5.41, 5.74) is 6.17. The van der Waals surface area contributed by atoms with Crippen molar-refractivity contribution in [3.05, 3.63) is 16.5 Å². The van der Waals surface area contributed by atoms with E-state index in [0.29, 0.717) is 11.9 Å². The van der Waals surface area contributed by atoms with Crippen LogP contribution in [0, 0.1) is 11.3 Å². The van der Waals surface area contributed by atoms with E-state index in [2.05, 4.69) is 36.7 Å². The topological polar surface area (TPSA) is 82.9 Å². The Morgan fingerprint density at radius 1 is 1.47 bits per heavy atom. The molecule has 0 saturated carbocycles. The lowest BCUT2D eigenvalue weighted by Crippen LogP contribution is -2.38. The third-order valence-corrected chi connectivity index (χ3v) is 3.04. The molecule has 0 aliphatic carbocycles. The number of hydrogen-bond acceptors (Lipinski definition) is 6. The van der Waals surface area contributed by atoms with Crippen LogP contribution in [-0.2, 0) is 4.74 Å². The molecule has 6 nitrogen and oxygen atoms in total. The fourth-order valence-electron chi connectivity index (χ4n) is 1.52. The maximum atomic E-state index is 8.71. The highest BCUT2D eigenvalue weighted by atomic mass is 79.9. The summed E-state index contributed by atoms with van der Waals surface area (Å²) in [5.74, 6) is 0.715. The number of nitrogens with one attached hydrogen (secondary N) is 2. The third kappa shape index (κ3) is 3.36. The Balaban J connectivity index is 1.95. The highest BCUT2D eigenvalue weighted by molar-refractivity contribution is 9.10. The highest BCUT2D eigenvalue weighted by Gasteiger charge is 2.13. The van der Waals surface area contributed by atoms with Crippen LogP contribution in [0.15, 0.2) is 10.7 Å². The average Bonchev–Trinajstić information content (AvgIpc) is 2.39. The Kier molecular flexibility index (Phi) is 4.25. The van der Waals surface area contributed by atoms with Crippen LogP contribution in [0.3, 0.4) is 0 Å². The van der Waals surface area contributed by atoms with Crippen molar-refractivity contribution in [2.75, 3.05) is 18.6 Å². The van der Waals surface area contributed by atoms with E-state index in [1.807, 2.05) is 6.07 Å². The number of hydrazine groups is 1. The first-order chi connectivity index (χ1) is 8.29. The molecule has 7 heteroatoms. The maximum absolute atomic E-state index is 8.71. The first-order valence-electron chi connectivity index (χ1n) is 5.31.